The van der Waals surface area contributed by atoms with Gasteiger partial charge in [-0.15, -0.1) is 11.3 Å². The molecule has 0 unspecified atom stereocenters. The standard InChI is InChI=1S/C20H15N3O3S2/c1-25-14-7-4-12(5-8-14)19-22-15-11-13(6-9-16(15)26-19)21-20(27)23-18(24)17-3-2-10-28-17/h2-11H,1H3,(H2,21,23,24,27). The van der Waals surface area contributed by atoms with E-state index < -0.39 is 0 Å². The molecule has 6 nitrogen and oxygen atoms in total. The number of rotatable bonds is 4. The molecule has 0 aliphatic rings. The van der Waals surface area contributed by atoms with Crippen molar-refractivity contribution in [2.75, 3.05) is 12.4 Å². The lowest BCUT2D eigenvalue weighted by molar-refractivity contribution is 0.0981. The molecule has 0 atom stereocenters. The lowest BCUT2D eigenvalue weighted by atomic mass is 10.2. The van der Waals surface area contributed by atoms with Crippen molar-refractivity contribution in [3.05, 3.63) is 64.9 Å². The third-order valence-corrected chi connectivity index (χ3v) is 5.03. The van der Waals surface area contributed by atoms with Gasteiger partial charge < -0.3 is 14.5 Å². The van der Waals surface area contributed by atoms with Gasteiger partial charge in [-0.05, 0) is 66.1 Å². The second-order valence-corrected chi connectivity index (χ2v) is 7.17. The van der Waals surface area contributed by atoms with Crippen molar-refractivity contribution in [3.8, 4) is 17.2 Å². The number of hydrogen-bond acceptors (Lipinski definition) is 6. The topological polar surface area (TPSA) is 76.4 Å². The van der Waals surface area contributed by atoms with Crippen molar-refractivity contribution in [1.29, 1.82) is 0 Å². The minimum absolute atomic E-state index is 0.219. The number of amides is 1. The number of nitrogens with zero attached hydrogens (tertiary/aromatic N) is 1. The highest BCUT2D eigenvalue weighted by Crippen LogP contribution is 2.27. The summed E-state index contributed by atoms with van der Waals surface area (Å²) in [6.45, 7) is 0. The van der Waals surface area contributed by atoms with Crippen LogP contribution in [0.25, 0.3) is 22.6 Å². The fourth-order valence-electron chi connectivity index (χ4n) is 2.60. The van der Waals surface area contributed by atoms with Gasteiger partial charge in [0.15, 0.2) is 10.7 Å². The summed E-state index contributed by atoms with van der Waals surface area (Å²) in [7, 11) is 1.62. The zero-order valence-corrected chi connectivity index (χ0v) is 16.4. The smallest absolute Gasteiger partial charge is 0.267 e. The quantitative estimate of drug-likeness (QED) is 0.476. The molecule has 0 fully saturated rings. The number of aromatic nitrogens is 1. The number of hydrogen-bond donors (Lipinski definition) is 2. The largest absolute Gasteiger partial charge is 0.497 e. The van der Waals surface area contributed by atoms with Gasteiger partial charge in [-0.2, -0.15) is 0 Å². The Morgan fingerprint density at radius 2 is 2.00 bits per heavy atom. The molecule has 0 spiro atoms. The summed E-state index contributed by atoms with van der Waals surface area (Å²) in [5.74, 6) is 1.05. The van der Waals surface area contributed by atoms with Crippen molar-refractivity contribution in [3.63, 3.8) is 0 Å². The first-order valence-electron chi connectivity index (χ1n) is 8.33. The Morgan fingerprint density at radius 3 is 2.71 bits per heavy atom. The Bertz CT molecular complexity index is 1140. The van der Waals surface area contributed by atoms with E-state index in [0.717, 1.165) is 11.3 Å². The summed E-state index contributed by atoms with van der Waals surface area (Å²) in [6, 6.07) is 16.5. The molecule has 8 heteroatoms. The van der Waals surface area contributed by atoms with Gasteiger partial charge in [0, 0.05) is 11.3 Å². The average molecular weight is 409 g/mol. The zero-order valence-electron chi connectivity index (χ0n) is 14.8. The maximum absolute atomic E-state index is 12.1. The number of oxazole rings is 1. The van der Waals surface area contributed by atoms with E-state index in [-0.39, 0.29) is 11.0 Å². The van der Waals surface area contributed by atoms with E-state index in [1.54, 1.807) is 19.2 Å². The Hall–Kier alpha value is -3.23. The van der Waals surface area contributed by atoms with Crippen LogP contribution < -0.4 is 15.4 Å². The van der Waals surface area contributed by atoms with Crippen molar-refractivity contribution in [2.45, 2.75) is 0 Å². The molecule has 0 aliphatic heterocycles. The van der Waals surface area contributed by atoms with Crippen molar-refractivity contribution in [2.24, 2.45) is 0 Å². The molecular weight excluding hydrogens is 394 g/mol. The molecule has 0 saturated carbocycles. The predicted molar refractivity (Wildman–Crippen MR) is 114 cm³/mol. The summed E-state index contributed by atoms with van der Waals surface area (Å²) in [4.78, 5) is 17.2. The summed E-state index contributed by atoms with van der Waals surface area (Å²) in [6.07, 6.45) is 0. The van der Waals surface area contributed by atoms with E-state index in [1.807, 2.05) is 47.8 Å². The van der Waals surface area contributed by atoms with Gasteiger partial charge in [-0.1, -0.05) is 6.07 Å². The van der Waals surface area contributed by atoms with Crippen molar-refractivity contribution in [1.82, 2.24) is 10.3 Å². The number of anilines is 1. The van der Waals surface area contributed by atoms with Crippen LogP contribution in [0.1, 0.15) is 9.67 Å². The van der Waals surface area contributed by atoms with Gasteiger partial charge in [-0.25, -0.2) is 4.98 Å². The van der Waals surface area contributed by atoms with Gasteiger partial charge in [0.05, 0.1) is 12.0 Å². The monoisotopic (exact) mass is 409 g/mol. The Morgan fingerprint density at radius 1 is 1.18 bits per heavy atom. The van der Waals surface area contributed by atoms with Crippen LogP contribution >= 0.6 is 23.6 Å². The first-order chi connectivity index (χ1) is 13.6. The maximum atomic E-state index is 12.1. The number of thiocarbonyl (C=S) groups is 1. The van der Waals surface area contributed by atoms with Crippen LogP contribution in [0.2, 0.25) is 0 Å². The van der Waals surface area contributed by atoms with Crippen molar-refractivity contribution < 1.29 is 13.9 Å². The average Bonchev–Trinajstić information content (AvgIpc) is 3.37. The number of fused-ring (bicyclic) bond motifs is 1. The zero-order chi connectivity index (χ0) is 19.5. The van der Waals surface area contributed by atoms with Crippen LogP contribution in [0.4, 0.5) is 5.69 Å². The van der Waals surface area contributed by atoms with Crippen LogP contribution in [0.3, 0.4) is 0 Å². The lowest BCUT2D eigenvalue weighted by Gasteiger charge is -2.08. The number of thiophene rings is 1. The van der Waals surface area contributed by atoms with Gasteiger partial charge in [0.25, 0.3) is 5.91 Å². The second-order valence-electron chi connectivity index (χ2n) is 5.82. The minimum atomic E-state index is -0.239. The van der Waals surface area contributed by atoms with Gasteiger partial charge in [0.1, 0.15) is 11.3 Å². The van der Waals surface area contributed by atoms with Crippen LogP contribution in [0.5, 0.6) is 5.75 Å². The highest BCUT2D eigenvalue weighted by molar-refractivity contribution is 7.80. The molecule has 0 aliphatic carbocycles. The molecule has 0 radical (unpaired) electrons. The molecule has 4 aromatic rings. The lowest BCUT2D eigenvalue weighted by Crippen LogP contribution is -2.33. The molecule has 1 amide bonds. The Balaban J connectivity index is 1.49. The van der Waals surface area contributed by atoms with E-state index in [4.69, 9.17) is 21.4 Å². The van der Waals surface area contributed by atoms with Gasteiger partial charge >= 0.3 is 0 Å². The fourth-order valence-corrected chi connectivity index (χ4v) is 3.43. The van der Waals surface area contributed by atoms with Crippen LogP contribution in [-0.4, -0.2) is 23.1 Å². The second kappa shape index (κ2) is 7.79. The number of ether oxygens (including phenoxy) is 1. The maximum Gasteiger partial charge on any atom is 0.267 e. The first-order valence-corrected chi connectivity index (χ1v) is 9.62. The fraction of sp³-hybridized carbons (Fsp3) is 0.0500. The molecule has 2 heterocycles. The molecule has 2 N–H and O–H groups in total. The number of carbonyl (C=O) groups excluding carboxylic acids is 1. The molecule has 0 saturated heterocycles. The third-order valence-electron chi connectivity index (χ3n) is 3.95. The SMILES string of the molecule is COc1ccc(-c2nc3cc(NC(=S)NC(=O)c4cccs4)ccc3o2)cc1. The highest BCUT2D eigenvalue weighted by Gasteiger charge is 2.11. The molecule has 4 rings (SSSR count). The molecule has 2 aromatic heterocycles. The summed E-state index contributed by atoms with van der Waals surface area (Å²) in [5, 5.41) is 7.71. The Kier molecular flexibility index (Phi) is 5.05. The molecule has 140 valence electrons. The van der Waals surface area contributed by atoms with E-state index in [9.17, 15) is 4.79 Å². The van der Waals surface area contributed by atoms with Crippen LogP contribution in [-0.2, 0) is 0 Å². The summed E-state index contributed by atoms with van der Waals surface area (Å²) < 4.78 is 11.0. The van der Waals surface area contributed by atoms with E-state index in [1.165, 1.54) is 11.3 Å². The summed E-state index contributed by atoms with van der Waals surface area (Å²) >= 11 is 6.57. The third kappa shape index (κ3) is 3.88. The highest BCUT2D eigenvalue weighted by atomic mass is 32.1. The number of carbonyl (C=O) groups is 1. The van der Waals surface area contributed by atoms with Crippen LogP contribution in [0, 0.1) is 0 Å². The number of benzene rings is 2. The summed E-state index contributed by atoms with van der Waals surface area (Å²) in [5.41, 5.74) is 2.90. The normalized spacial score (nSPS) is 10.6. The Labute approximate surface area is 170 Å². The van der Waals surface area contributed by atoms with Gasteiger partial charge in [-0.3, -0.25) is 10.1 Å². The van der Waals surface area contributed by atoms with Crippen LogP contribution in [0.15, 0.2) is 64.4 Å². The number of methoxy groups -OCH3 is 1. The van der Waals surface area contributed by atoms with E-state index in [2.05, 4.69) is 15.6 Å². The van der Waals surface area contributed by atoms with E-state index in [0.29, 0.717) is 27.6 Å². The predicted octanol–water partition coefficient (Wildman–Crippen LogP) is 4.69. The molecule has 0 bridgehead atoms. The van der Waals surface area contributed by atoms with E-state index >= 15 is 0 Å². The first kappa shape index (κ1) is 18.1. The molecule has 2 aromatic carbocycles. The number of nitrogens with one attached hydrogen (secondary N) is 2. The van der Waals surface area contributed by atoms with Crippen molar-refractivity contribution >= 4 is 51.4 Å². The molecular formula is C20H15N3O3S2. The molecule has 28 heavy (non-hydrogen) atoms. The van der Waals surface area contributed by atoms with Gasteiger partial charge in [0.2, 0.25) is 5.89 Å². The minimum Gasteiger partial charge on any atom is -0.497 e.